The number of anilines is 3. The van der Waals surface area contributed by atoms with E-state index in [4.69, 9.17) is 16.3 Å². The molecule has 10 nitrogen and oxygen atoms in total. The molecule has 0 aliphatic heterocycles. The molecule has 3 aromatic rings. The number of carbonyl (C=O) groups excluding carboxylic acids is 1. The van der Waals surface area contributed by atoms with Crippen LogP contribution in [0.5, 0.6) is 0 Å². The summed E-state index contributed by atoms with van der Waals surface area (Å²) in [4.78, 5) is 35.3. The molecule has 31 heavy (non-hydrogen) atoms. The number of pyridine rings is 1. The fourth-order valence-electron chi connectivity index (χ4n) is 2.72. The fourth-order valence-corrected chi connectivity index (χ4v) is 2.85. The predicted molar refractivity (Wildman–Crippen MR) is 115 cm³/mol. The fraction of sp³-hybridized carbons (Fsp3) is 0.200. The van der Waals surface area contributed by atoms with Crippen molar-refractivity contribution in [3.63, 3.8) is 0 Å². The van der Waals surface area contributed by atoms with Crippen molar-refractivity contribution >= 4 is 40.7 Å². The van der Waals surface area contributed by atoms with E-state index in [0.29, 0.717) is 16.3 Å². The smallest absolute Gasteiger partial charge is 0.329 e. The Kier molecular flexibility index (Phi) is 7.28. The molecule has 2 heterocycles. The van der Waals surface area contributed by atoms with E-state index >= 15 is 0 Å². The lowest BCUT2D eigenvalue weighted by atomic mass is 10.1. The maximum Gasteiger partial charge on any atom is 0.329 e. The summed E-state index contributed by atoms with van der Waals surface area (Å²) in [6.07, 6.45) is 4.18. The first kappa shape index (κ1) is 21.9. The normalized spacial score (nSPS) is 11.4. The molecule has 160 valence electrons. The average Bonchev–Trinajstić information content (AvgIpc) is 2.76. The Balaban J connectivity index is 1.91. The number of carbonyl (C=O) groups is 1. The van der Waals surface area contributed by atoms with Crippen molar-refractivity contribution < 1.29 is 14.5 Å². The Morgan fingerprint density at radius 2 is 2.03 bits per heavy atom. The van der Waals surface area contributed by atoms with Crippen LogP contribution in [0.15, 0.2) is 55.0 Å². The van der Waals surface area contributed by atoms with Crippen molar-refractivity contribution in [2.75, 3.05) is 17.2 Å². The summed E-state index contributed by atoms with van der Waals surface area (Å²) in [6, 6.07) is 9.63. The first-order valence-electron chi connectivity index (χ1n) is 9.32. The van der Waals surface area contributed by atoms with Crippen LogP contribution >= 0.6 is 11.6 Å². The molecular formula is C20H19ClN6O4. The van der Waals surface area contributed by atoms with Gasteiger partial charge in [-0.25, -0.2) is 4.98 Å². The van der Waals surface area contributed by atoms with Crippen molar-refractivity contribution in [2.45, 2.75) is 19.4 Å². The topological polar surface area (TPSA) is 132 Å². The maximum atomic E-state index is 12.1. The van der Waals surface area contributed by atoms with Crippen LogP contribution in [0.2, 0.25) is 5.02 Å². The van der Waals surface area contributed by atoms with Crippen LogP contribution in [0.1, 0.15) is 24.9 Å². The molecule has 0 spiro atoms. The molecule has 1 unspecified atom stereocenters. The molecule has 0 aliphatic rings. The minimum Gasteiger partial charge on any atom is -0.466 e. The van der Waals surface area contributed by atoms with E-state index in [1.165, 1.54) is 0 Å². The summed E-state index contributed by atoms with van der Waals surface area (Å²) in [7, 11) is 0. The van der Waals surface area contributed by atoms with Gasteiger partial charge < -0.3 is 15.4 Å². The second-order valence-electron chi connectivity index (χ2n) is 6.31. The van der Waals surface area contributed by atoms with Crippen LogP contribution < -0.4 is 10.6 Å². The lowest BCUT2D eigenvalue weighted by Crippen LogP contribution is -2.19. The molecule has 1 aromatic carbocycles. The van der Waals surface area contributed by atoms with Gasteiger partial charge >= 0.3 is 11.7 Å². The van der Waals surface area contributed by atoms with Crippen molar-refractivity contribution in [3.8, 4) is 0 Å². The highest BCUT2D eigenvalue weighted by Crippen LogP contribution is 2.29. The number of nitrogens with zero attached hydrogens (tertiary/aromatic N) is 4. The van der Waals surface area contributed by atoms with Gasteiger partial charge in [0.25, 0.3) is 0 Å². The number of halogens is 1. The number of rotatable bonds is 9. The highest BCUT2D eigenvalue weighted by atomic mass is 35.5. The van der Waals surface area contributed by atoms with Gasteiger partial charge in [-0.05, 0) is 42.8 Å². The van der Waals surface area contributed by atoms with E-state index < -0.39 is 16.9 Å². The van der Waals surface area contributed by atoms with Crippen LogP contribution in [0.25, 0.3) is 0 Å². The third kappa shape index (κ3) is 6.09. The van der Waals surface area contributed by atoms with E-state index in [0.717, 1.165) is 6.20 Å². The third-order valence-corrected chi connectivity index (χ3v) is 4.39. The standard InChI is InChI=1S/C20H19ClN6O4/c1-2-31-18(28)10-16(13-4-3-9-22-11-13)25-19-17(27(29)30)12-23-20(26-19)24-15-7-5-14(21)6-8-15/h3-9,11-12,16H,2,10H2,1H3,(H2,23,24,25,26). The van der Waals surface area contributed by atoms with Crippen LogP contribution in [0.4, 0.5) is 23.1 Å². The average molecular weight is 443 g/mol. The van der Waals surface area contributed by atoms with Gasteiger partial charge in [0, 0.05) is 23.1 Å². The molecule has 0 bridgehead atoms. The van der Waals surface area contributed by atoms with E-state index in [9.17, 15) is 14.9 Å². The largest absolute Gasteiger partial charge is 0.466 e. The molecule has 0 amide bonds. The second kappa shape index (κ2) is 10.3. The molecule has 0 saturated carbocycles. The SMILES string of the molecule is CCOC(=O)CC(Nc1nc(Nc2ccc(Cl)cc2)ncc1[N+](=O)[O-])c1cccnc1. The molecule has 2 N–H and O–H groups in total. The number of nitrogens with one attached hydrogen (secondary N) is 2. The molecular weight excluding hydrogens is 424 g/mol. The van der Waals surface area contributed by atoms with Crippen molar-refractivity contribution in [1.82, 2.24) is 15.0 Å². The number of hydrogen-bond donors (Lipinski definition) is 2. The summed E-state index contributed by atoms with van der Waals surface area (Å²) >= 11 is 5.89. The molecule has 2 aromatic heterocycles. The highest BCUT2D eigenvalue weighted by molar-refractivity contribution is 6.30. The Labute approximate surface area is 182 Å². The number of aromatic nitrogens is 3. The summed E-state index contributed by atoms with van der Waals surface area (Å²) in [5.41, 5.74) is 0.967. The first-order valence-corrected chi connectivity index (χ1v) is 9.70. The summed E-state index contributed by atoms with van der Waals surface area (Å²) in [5, 5.41) is 18.0. The van der Waals surface area contributed by atoms with E-state index in [1.807, 2.05) is 0 Å². The Morgan fingerprint density at radius 1 is 1.26 bits per heavy atom. The van der Waals surface area contributed by atoms with Crippen molar-refractivity contribution in [3.05, 3.63) is 75.7 Å². The van der Waals surface area contributed by atoms with Crippen LogP contribution in [-0.2, 0) is 9.53 Å². The summed E-state index contributed by atoms with van der Waals surface area (Å²) in [6.45, 7) is 1.93. The number of esters is 1. The molecule has 0 fully saturated rings. The quantitative estimate of drug-likeness (QED) is 0.283. The summed E-state index contributed by atoms with van der Waals surface area (Å²) < 4.78 is 5.03. The zero-order valence-electron chi connectivity index (χ0n) is 16.5. The van der Waals surface area contributed by atoms with E-state index in [1.54, 1.807) is 55.7 Å². The monoisotopic (exact) mass is 442 g/mol. The van der Waals surface area contributed by atoms with Crippen molar-refractivity contribution in [2.24, 2.45) is 0 Å². The number of hydrogen-bond acceptors (Lipinski definition) is 9. The van der Waals surface area contributed by atoms with Gasteiger partial charge in [0.2, 0.25) is 11.8 Å². The number of benzene rings is 1. The first-order chi connectivity index (χ1) is 15.0. The minimum atomic E-state index is -0.648. The maximum absolute atomic E-state index is 12.1. The van der Waals surface area contributed by atoms with E-state index in [2.05, 4.69) is 25.6 Å². The zero-order chi connectivity index (χ0) is 22.2. The Bertz CT molecular complexity index is 1050. The van der Waals surface area contributed by atoms with Gasteiger partial charge in [0.1, 0.15) is 6.20 Å². The van der Waals surface area contributed by atoms with Gasteiger partial charge in [-0.2, -0.15) is 4.98 Å². The lowest BCUT2D eigenvalue weighted by Gasteiger charge is -2.19. The molecule has 0 saturated heterocycles. The van der Waals surface area contributed by atoms with Gasteiger partial charge in [-0.15, -0.1) is 0 Å². The van der Waals surface area contributed by atoms with Crippen LogP contribution in [0.3, 0.4) is 0 Å². The van der Waals surface area contributed by atoms with Crippen molar-refractivity contribution in [1.29, 1.82) is 0 Å². The molecule has 0 radical (unpaired) electrons. The summed E-state index contributed by atoms with van der Waals surface area (Å²) in [5.74, 6) is -0.369. The molecule has 0 aliphatic carbocycles. The number of ether oxygens (including phenoxy) is 1. The zero-order valence-corrected chi connectivity index (χ0v) is 17.2. The predicted octanol–water partition coefficient (Wildman–Crippen LogP) is 4.28. The Hall–Kier alpha value is -3.79. The van der Waals surface area contributed by atoms with Crippen LogP contribution in [-0.4, -0.2) is 32.5 Å². The lowest BCUT2D eigenvalue weighted by molar-refractivity contribution is -0.384. The van der Waals surface area contributed by atoms with Gasteiger partial charge in [0.05, 0.1) is 24.0 Å². The third-order valence-electron chi connectivity index (χ3n) is 4.14. The molecule has 1 atom stereocenters. The van der Waals surface area contributed by atoms with Gasteiger partial charge in [-0.1, -0.05) is 17.7 Å². The van der Waals surface area contributed by atoms with Gasteiger partial charge in [0.15, 0.2) is 0 Å². The van der Waals surface area contributed by atoms with E-state index in [-0.39, 0.29) is 30.5 Å². The van der Waals surface area contributed by atoms with Gasteiger partial charge in [-0.3, -0.25) is 19.9 Å². The highest BCUT2D eigenvalue weighted by Gasteiger charge is 2.24. The Morgan fingerprint density at radius 3 is 2.68 bits per heavy atom. The minimum absolute atomic E-state index is 0.0467. The number of nitro groups is 1. The molecule has 11 heteroatoms. The molecule has 3 rings (SSSR count). The second-order valence-corrected chi connectivity index (χ2v) is 6.75. The van der Waals surface area contributed by atoms with Crippen LogP contribution in [0, 0.1) is 10.1 Å².